The quantitative estimate of drug-likeness (QED) is 0.681. The summed E-state index contributed by atoms with van der Waals surface area (Å²) in [4.78, 5) is 10.7. The average Bonchev–Trinajstić information content (AvgIpc) is 3.10. The van der Waals surface area contributed by atoms with Crippen LogP contribution in [-0.2, 0) is 16.7 Å². The Morgan fingerprint density at radius 3 is 2.47 bits per heavy atom. The molecule has 3 fully saturated rings. The summed E-state index contributed by atoms with van der Waals surface area (Å²) in [6.45, 7) is 1.26. The van der Waals surface area contributed by atoms with Crippen molar-refractivity contribution < 1.29 is 18.1 Å². The summed E-state index contributed by atoms with van der Waals surface area (Å²) in [6.07, 6.45) is 2.38. The molecule has 0 amide bonds. The molecule has 0 spiro atoms. The van der Waals surface area contributed by atoms with Crippen LogP contribution in [0.4, 0.5) is 20.5 Å². The van der Waals surface area contributed by atoms with E-state index in [4.69, 9.17) is 11.6 Å². The van der Waals surface area contributed by atoms with E-state index in [0.717, 1.165) is 19.3 Å². The van der Waals surface area contributed by atoms with Gasteiger partial charge in [-0.1, -0.05) is 23.7 Å². The first-order chi connectivity index (χ1) is 15.3. The van der Waals surface area contributed by atoms with E-state index in [-0.39, 0.29) is 23.3 Å². The summed E-state index contributed by atoms with van der Waals surface area (Å²) in [6, 6.07) is 7.88. The van der Waals surface area contributed by atoms with Crippen molar-refractivity contribution in [3.63, 3.8) is 0 Å². The Morgan fingerprint density at radius 1 is 1.19 bits per heavy atom. The third kappa shape index (κ3) is 3.15. The molecule has 0 bridgehead atoms. The predicted molar refractivity (Wildman–Crippen MR) is 118 cm³/mol. The van der Waals surface area contributed by atoms with Crippen molar-refractivity contribution >= 4 is 34.2 Å². The van der Waals surface area contributed by atoms with Crippen LogP contribution in [0.5, 0.6) is 0 Å². The normalized spacial score (nSPS) is 31.1. The van der Waals surface area contributed by atoms with E-state index < -0.39 is 33.7 Å². The zero-order valence-electron chi connectivity index (χ0n) is 17.2. The van der Waals surface area contributed by atoms with E-state index in [1.807, 2.05) is 29.2 Å². The molecule has 6 rings (SSSR count). The van der Waals surface area contributed by atoms with Gasteiger partial charge in [0.05, 0.1) is 28.7 Å². The van der Waals surface area contributed by atoms with Crippen LogP contribution in [-0.4, -0.2) is 50.3 Å². The molecule has 2 saturated carbocycles. The first kappa shape index (κ1) is 20.7. The van der Waals surface area contributed by atoms with Gasteiger partial charge in [0.1, 0.15) is 16.4 Å². The van der Waals surface area contributed by atoms with Crippen molar-refractivity contribution in [3.8, 4) is 0 Å². The Morgan fingerprint density at radius 2 is 1.88 bits per heavy atom. The first-order valence-corrected chi connectivity index (χ1v) is 12.6. The van der Waals surface area contributed by atoms with Crippen molar-refractivity contribution in [3.05, 3.63) is 40.5 Å². The molecule has 2 aromatic rings. The Balaban J connectivity index is 1.29. The second-order valence-electron chi connectivity index (χ2n) is 9.47. The predicted octanol–water partition coefficient (Wildman–Crippen LogP) is 3.52. The summed E-state index contributed by atoms with van der Waals surface area (Å²) < 4.78 is 41.8. The van der Waals surface area contributed by atoms with Crippen LogP contribution in [0.2, 0.25) is 5.02 Å². The van der Waals surface area contributed by atoms with Gasteiger partial charge in [-0.25, -0.2) is 4.98 Å². The number of aliphatic hydroxyl groups is 1. The maximum absolute atomic E-state index is 14.7. The van der Waals surface area contributed by atoms with Gasteiger partial charge >= 0.3 is 5.92 Å². The number of hydrogen-bond acceptors (Lipinski definition) is 6. The molecule has 1 aromatic heterocycles. The zero-order valence-corrected chi connectivity index (χ0v) is 18.8. The van der Waals surface area contributed by atoms with Gasteiger partial charge in [0.25, 0.3) is 0 Å². The maximum Gasteiger partial charge on any atom is 0.302 e. The number of rotatable bonds is 5. The molecule has 10 heteroatoms. The lowest BCUT2D eigenvalue weighted by molar-refractivity contribution is 0.0191. The minimum absolute atomic E-state index is 0.0122. The van der Waals surface area contributed by atoms with Gasteiger partial charge in [-0.15, -0.1) is 0 Å². The van der Waals surface area contributed by atoms with Crippen LogP contribution in [0.15, 0.2) is 29.2 Å². The van der Waals surface area contributed by atoms with Crippen molar-refractivity contribution in [1.82, 2.24) is 9.97 Å². The summed E-state index contributed by atoms with van der Waals surface area (Å²) in [5.41, 5.74) is 0.220. The van der Waals surface area contributed by atoms with Crippen LogP contribution >= 0.6 is 11.6 Å². The molecule has 1 aromatic carbocycles. The molecular weight excluding hydrogens is 458 g/mol. The maximum atomic E-state index is 14.7. The minimum Gasteiger partial charge on any atom is -0.394 e. The Kier molecular flexibility index (Phi) is 4.59. The summed E-state index contributed by atoms with van der Waals surface area (Å²) in [7, 11) is -1.88. The molecule has 4 aliphatic rings. The standard InChI is InChI=1S/C22H23ClF2N4O2S/c23-13-4-2-12(3-5-13)16-14-8-29(9-15(14)16)20-26-18-17(32(31)11-22(18,24)25)19(27-20)28-21(10-30)6-1-7-21/h2-5,14-16,30H,1,6-11H2,(H,26,27,28). The van der Waals surface area contributed by atoms with Crippen molar-refractivity contribution in [1.29, 1.82) is 0 Å². The van der Waals surface area contributed by atoms with Crippen molar-refractivity contribution in [2.75, 3.05) is 35.7 Å². The van der Waals surface area contributed by atoms with E-state index in [2.05, 4.69) is 15.3 Å². The highest BCUT2D eigenvalue weighted by Gasteiger charge is 2.57. The summed E-state index contributed by atoms with van der Waals surface area (Å²) >= 11 is 6.00. The fourth-order valence-electron chi connectivity index (χ4n) is 5.48. The lowest BCUT2D eigenvalue weighted by atomic mass is 9.77. The van der Waals surface area contributed by atoms with Gasteiger partial charge in [0.15, 0.2) is 0 Å². The topological polar surface area (TPSA) is 78.4 Å². The molecule has 170 valence electrons. The van der Waals surface area contributed by atoms with E-state index in [1.54, 1.807) is 0 Å². The molecule has 1 saturated heterocycles. The zero-order chi connectivity index (χ0) is 22.3. The van der Waals surface area contributed by atoms with Gasteiger partial charge in [-0.05, 0) is 54.7 Å². The number of halogens is 3. The number of hydrogen-bond donors (Lipinski definition) is 2. The van der Waals surface area contributed by atoms with E-state index >= 15 is 0 Å². The summed E-state index contributed by atoms with van der Waals surface area (Å²) in [5.74, 6) is -2.30. The fraction of sp³-hybridized carbons (Fsp3) is 0.545. The number of fused-ring (bicyclic) bond motifs is 2. The smallest absolute Gasteiger partial charge is 0.302 e. The summed E-state index contributed by atoms with van der Waals surface area (Å²) in [5, 5.41) is 13.7. The van der Waals surface area contributed by atoms with E-state index in [1.165, 1.54) is 5.56 Å². The second kappa shape index (κ2) is 7.08. The van der Waals surface area contributed by atoms with E-state index in [9.17, 15) is 18.1 Å². The molecule has 2 N–H and O–H groups in total. The largest absolute Gasteiger partial charge is 0.394 e. The van der Waals surface area contributed by atoms with Gasteiger partial charge in [0, 0.05) is 18.1 Å². The Hall–Kier alpha value is -1.84. The molecular formula is C22H23ClF2N4O2S. The number of aromatic nitrogens is 2. The second-order valence-corrected chi connectivity index (χ2v) is 11.3. The third-order valence-electron chi connectivity index (χ3n) is 7.47. The van der Waals surface area contributed by atoms with Gasteiger partial charge in [-0.2, -0.15) is 13.8 Å². The van der Waals surface area contributed by atoms with Crippen molar-refractivity contribution in [2.45, 2.75) is 41.5 Å². The first-order valence-electron chi connectivity index (χ1n) is 10.9. The molecule has 3 atom stereocenters. The van der Waals surface area contributed by atoms with Crippen molar-refractivity contribution in [2.24, 2.45) is 11.8 Å². The fourth-order valence-corrected chi connectivity index (χ4v) is 6.94. The number of anilines is 2. The van der Waals surface area contributed by atoms with Crippen LogP contribution in [0, 0.1) is 11.8 Å². The molecule has 32 heavy (non-hydrogen) atoms. The number of aliphatic hydroxyl groups excluding tert-OH is 1. The monoisotopic (exact) mass is 480 g/mol. The number of alkyl halides is 2. The highest BCUT2D eigenvalue weighted by molar-refractivity contribution is 7.85. The van der Waals surface area contributed by atoms with Crippen LogP contribution < -0.4 is 10.2 Å². The van der Waals surface area contributed by atoms with E-state index in [0.29, 0.717) is 35.9 Å². The number of nitrogens with zero attached hydrogens (tertiary/aromatic N) is 3. The minimum atomic E-state index is -3.26. The lowest BCUT2D eigenvalue weighted by Gasteiger charge is -2.41. The van der Waals surface area contributed by atoms with Gasteiger partial charge < -0.3 is 15.3 Å². The SMILES string of the molecule is O=S1CC(F)(F)c2nc(N3CC4C(C3)C4c3ccc(Cl)cc3)nc(NC3(CO)CCC3)c21. The molecule has 0 radical (unpaired) electrons. The van der Waals surface area contributed by atoms with Crippen LogP contribution in [0.1, 0.15) is 36.4 Å². The highest BCUT2D eigenvalue weighted by atomic mass is 35.5. The number of piperidine rings is 1. The molecule has 2 aliphatic carbocycles. The average molecular weight is 481 g/mol. The number of benzene rings is 1. The molecule has 6 nitrogen and oxygen atoms in total. The molecule has 2 aliphatic heterocycles. The van der Waals surface area contributed by atoms with Gasteiger partial charge in [0.2, 0.25) is 5.95 Å². The Labute approximate surface area is 191 Å². The van der Waals surface area contributed by atoms with Crippen LogP contribution in [0.3, 0.4) is 0 Å². The molecule has 3 unspecified atom stereocenters. The van der Waals surface area contributed by atoms with Crippen LogP contribution in [0.25, 0.3) is 0 Å². The van der Waals surface area contributed by atoms with Gasteiger partial charge in [-0.3, -0.25) is 4.21 Å². The highest BCUT2D eigenvalue weighted by Crippen LogP contribution is 2.58. The lowest BCUT2D eigenvalue weighted by Crippen LogP contribution is -2.48. The number of nitrogens with one attached hydrogen (secondary N) is 1. The molecule has 3 heterocycles. The third-order valence-corrected chi connectivity index (χ3v) is 9.19. The Bertz CT molecular complexity index is 1090.